The third kappa shape index (κ3) is 3.12. The second kappa shape index (κ2) is 6.91. The summed E-state index contributed by atoms with van der Waals surface area (Å²) >= 11 is 0. The smallest absolute Gasteiger partial charge is 0.0363 e. The van der Waals surface area contributed by atoms with E-state index in [-0.39, 0.29) is 0 Å². The zero-order chi connectivity index (χ0) is 12.8. The SMILES string of the molecule is CCC1CCCCN1C(CCN)c1ccccc1. The second-order valence-electron chi connectivity index (χ2n) is 5.30. The van der Waals surface area contributed by atoms with Crippen LogP contribution in [0.25, 0.3) is 0 Å². The lowest BCUT2D eigenvalue weighted by Gasteiger charge is -2.41. The van der Waals surface area contributed by atoms with Gasteiger partial charge in [-0.05, 0) is 44.3 Å². The van der Waals surface area contributed by atoms with Gasteiger partial charge in [-0.3, -0.25) is 4.90 Å². The summed E-state index contributed by atoms with van der Waals surface area (Å²) in [5.74, 6) is 0. The summed E-state index contributed by atoms with van der Waals surface area (Å²) in [5, 5.41) is 0. The van der Waals surface area contributed by atoms with E-state index in [2.05, 4.69) is 42.2 Å². The molecule has 2 unspecified atom stereocenters. The van der Waals surface area contributed by atoms with Gasteiger partial charge in [-0.2, -0.15) is 0 Å². The van der Waals surface area contributed by atoms with E-state index in [4.69, 9.17) is 5.73 Å². The summed E-state index contributed by atoms with van der Waals surface area (Å²) in [6.07, 6.45) is 6.41. The van der Waals surface area contributed by atoms with Crippen molar-refractivity contribution in [2.75, 3.05) is 13.1 Å². The van der Waals surface area contributed by atoms with Gasteiger partial charge in [0.25, 0.3) is 0 Å². The number of nitrogens with zero attached hydrogens (tertiary/aromatic N) is 1. The normalized spacial score (nSPS) is 22.9. The monoisotopic (exact) mass is 246 g/mol. The molecule has 0 aromatic heterocycles. The molecule has 2 atom stereocenters. The highest BCUT2D eigenvalue weighted by Gasteiger charge is 2.27. The highest BCUT2D eigenvalue weighted by atomic mass is 15.2. The van der Waals surface area contributed by atoms with Crippen molar-refractivity contribution in [2.45, 2.75) is 51.1 Å². The molecule has 18 heavy (non-hydrogen) atoms. The van der Waals surface area contributed by atoms with E-state index in [1.54, 1.807) is 0 Å². The first kappa shape index (κ1) is 13.6. The van der Waals surface area contributed by atoms with Crippen molar-refractivity contribution in [1.29, 1.82) is 0 Å². The average Bonchev–Trinajstić information content (AvgIpc) is 2.46. The molecule has 0 aliphatic carbocycles. The fourth-order valence-electron chi connectivity index (χ4n) is 3.23. The Labute approximate surface area is 111 Å². The van der Waals surface area contributed by atoms with Gasteiger partial charge in [-0.1, -0.05) is 43.7 Å². The molecule has 1 aliphatic heterocycles. The Morgan fingerprint density at radius 2 is 2.06 bits per heavy atom. The first-order valence-corrected chi connectivity index (χ1v) is 7.37. The molecule has 0 amide bonds. The highest BCUT2D eigenvalue weighted by molar-refractivity contribution is 5.19. The summed E-state index contributed by atoms with van der Waals surface area (Å²) in [6.45, 7) is 4.32. The number of nitrogens with two attached hydrogens (primary N) is 1. The fraction of sp³-hybridized carbons (Fsp3) is 0.625. The van der Waals surface area contributed by atoms with E-state index in [1.165, 1.54) is 37.8 Å². The zero-order valence-electron chi connectivity index (χ0n) is 11.5. The molecule has 1 aromatic rings. The first-order valence-electron chi connectivity index (χ1n) is 7.37. The number of likely N-dealkylation sites (tertiary alicyclic amines) is 1. The van der Waals surface area contributed by atoms with E-state index in [1.807, 2.05) is 0 Å². The van der Waals surface area contributed by atoms with Crippen LogP contribution in [-0.2, 0) is 0 Å². The Balaban J connectivity index is 2.18. The van der Waals surface area contributed by atoms with Crippen molar-refractivity contribution in [3.05, 3.63) is 35.9 Å². The van der Waals surface area contributed by atoms with Gasteiger partial charge in [0.1, 0.15) is 0 Å². The minimum atomic E-state index is 0.515. The molecule has 1 fully saturated rings. The van der Waals surface area contributed by atoms with E-state index < -0.39 is 0 Å². The predicted molar refractivity (Wildman–Crippen MR) is 77.5 cm³/mol. The van der Waals surface area contributed by atoms with Crippen LogP contribution in [0.1, 0.15) is 50.6 Å². The van der Waals surface area contributed by atoms with Gasteiger partial charge in [0, 0.05) is 12.1 Å². The van der Waals surface area contributed by atoms with Crippen LogP contribution < -0.4 is 5.73 Å². The Kier molecular flexibility index (Phi) is 5.21. The van der Waals surface area contributed by atoms with Gasteiger partial charge in [-0.15, -0.1) is 0 Å². The topological polar surface area (TPSA) is 29.3 Å². The van der Waals surface area contributed by atoms with Crippen LogP contribution in [0, 0.1) is 0 Å². The zero-order valence-corrected chi connectivity index (χ0v) is 11.5. The maximum atomic E-state index is 5.83. The van der Waals surface area contributed by atoms with E-state index in [0.29, 0.717) is 6.04 Å². The quantitative estimate of drug-likeness (QED) is 0.863. The molecular weight excluding hydrogens is 220 g/mol. The van der Waals surface area contributed by atoms with E-state index in [0.717, 1.165) is 19.0 Å². The molecule has 2 N–H and O–H groups in total. The lowest BCUT2D eigenvalue weighted by molar-refractivity contribution is 0.0874. The molecule has 1 saturated heterocycles. The van der Waals surface area contributed by atoms with Gasteiger partial charge in [0.05, 0.1) is 0 Å². The van der Waals surface area contributed by atoms with E-state index >= 15 is 0 Å². The van der Waals surface area contributed by atoms with Crippen molar-refractivity contribution < 1.29 is 0 Å². The summed E-state index contributed by atoms with van der Waals surface area (Å²) in [4.78, 5) is 2.70. The van der Waals surface area contributed by atoms with Crippen molar-refractivity contribution in [3.8, 4) is 0 Å². The molecule has 1 aliphatic rings. The second-order valence-corrected chi connectivity index (χ2v) is 5.30. The lowest BCUT2D eigenvalue weighted by Crippen LogP contribution is -2.42. The van der Waals surface area contributed by atoms with Crippen molar-refractivity contribution in [3.63, 3.8) is 0 Å². The van der Waals surface area contributed by atoms with Crippen molar-refractivity contribution in [2.24, 2.45) is 5.73 Å². The maximum Gasteiger partial charge on any atom is 0.0363 e. The van der Waals surface area contributed by atoms with E-state index in [9.17, 15) is 0 Å². The summed E-state index contributed by atoms with van der Waals surface area (Å²) in [6, 6.07) is 12.1. The third-order valence-corrected chi connectivity index (χ3v) is 4.17. The standard InChI is InChI=1S/C16H26N2/c1-2-15-10-6-7-13-18(15)16(11-12-17)14-8-4-3-5-9-14/h3-5,8-9,15-16H,2,6-7,10-13,17H2,1H3. The van der Waals surface area contributed by atoms with Crippen LogP contribution in [0.5, 0.6) is 0 Å². The van der Waals surface area contributed by atoms with Crippen molar-refractivity contribution >= 4 is 0 Å². The molecule has 0 saturated carbocycles. The number of piperidine rings is 1. The van der Waals surface area contributed by atoms with Gasteiger partial charge < -0.3 is 5.73 Å². The molecule has 1 heterocycles. The average molecular weight is 246 g/mol. The minimum Gasteiger partial charge on any atom is -0.330 e. The molecular formula is C16H26N2. The third-order valence-electron chi connectivity index (χ3n) is 4.17. The molecule has 0 bridgehead atoms. The fourth-order valence-corrected chi connectivity index (χ4v) is 3.23. The summed E-state index contributed by atoms with van der Waals surface area (Å²) < 4.78 is 0. The van der Waals surface area contributed by atoms with Crippen LogP contribution in [0.2, 0.25) is 0 Å². The van der Waals surface area contributed by atoms with Crippen LogP contribution >= 0.6 is 0 Å². The minimum absolute atomic E-state index is 0.515. The number of benzene rings is 1. The maximum absolute atomic E-state index is 5.83. The Morgan fingerprint density at radius 1 is 1.28 bits per heavy atom. The molecule has 0 spiro atoms. The Bertz CT molecular complexity index is 336. The summed E-state index contributed by atoms with van der Waals surface area (Å²) in [5.41, 5.74) is 7.27. The summed E-state index contributed by atoms with van der Waals surface area (Å²) in [7, 11) is 0. The van der Waals surface area contributed by atoms with Crippen LogP contribution in [0.3, 0.4) is 0 Å². The largest absolute Gasteiger partial charge is 0.330 e. The molecule has 2 heteroatoms. The Hall–Kier alpha value is -0.860. The molecule has 0 radical (unpaired) electrons. The highest BCUT2D eigenvalue weighted by Crippen LogP contribution is 2.31. The Morgan fingerprint density at radius 3 is 2.72 bits per heavy atom. The molecule has 1 aromatic carbocycles. The van der Waals surface area contributed by atoms with Crippen LogP contribution in [0.4, 0.5) is 0 Å². The van der Waals surface area contributed by atoms with Gasteiger partial charge in [0.2, 0.25) is 0 Å². The predicted octanol–water partition coefficient (Wildman–Crippen LogP) is 3.34. The number of hydrogen-bond donors (Lipinski definition) is 1. The number of hydrogen-bond acceptors (Lipinski definition) is 2. The molecule has 2 rings (SSSR count). The number of rotatable bonds is 5. The van der Waals surface area contributed by atoms with Gasteiger partial charge in [0.15, 0.2) is 0 Å². The lowest BCUT2D eigenvalue weighted by atomic mass is 9.93. The van der Waals surface area contributed by atoms with Crippen molar-refractivity contribution in [1.82, 2.24) is 4.90 Å². The van der Waals surface area contributed by atoms with Crippen LogP contribution in [0.15, 0.2) is 30.3 Å². The van der Waals surface area contributed by atoms with Gasteiger partial charge >= 0.3 is 0 Å². The molecule has 100 valence electrons. The molecule has 2 nitrogen and oxygen atoms in total. The van der Waals surface area contributed by atoms with Gasteiger partial charge in [-0.25, -0.2) is 0 Å². The first-order chi connectivity index (χ1) is 8.86. The van der Waals surface area contributed by atoms with Crippen LogP contribution in [-0.4, -0.2) is 24.0 Å².